The second kappa shape index (κ2) is 11.2. The number of likely N-dealkylation sites (N-methyl/N-ethyl adjacent to an activating group) is 1. The summed E-state index contributed by atoms with van der Waals surface area (Å²) in [4.78, 5) is 2.64. The average molecular weight is 456 g/mol. The summed E-state index contributed by atoms with van der Waals surface area (Å²) >= 11 is 0. The van der Waals surface area contributed by atoms with Crippen molar-refractivity contribution in [1.29, 1.82) is 0 Å². The summed E-state index contributed by atoms with van der Waals surface area (Å²) in [5, 5.41) is 0. The van der Waals surface area contributed by atoms with Crippen LogP contribution in [0.5, 0.6) is 5.75 Å². The zero-order chi connectivity index (χ0) is 24.0. The van der Waals surface area contributed by atoms with Gasteiger partial charge in [-0.3, -0.25) is 4.90 Å². The van der Waals surface area contributed by atoms with Gasteiger partial charge in [-0.05, 0) is 66.6 Å². The number of fused-ring (bicyclic) bond motifs is 1. The first-order valence-electron chi connectivity index (χ1n) is 13.1. The molecule has 180 valence electrons. The minimum atomic E-state index is 0.0951. The molecule has 0 bridgehead atoms. The molecule has 0 saturated carbocycles. The van der Waals surface area contributed by atoms with Crippen LogP contribution in [0.15, 0.2) is 78.9 Å². The Morgan fingerprint density at radius 1 is 0.882 bits per heavy atom. The van der Waals surface area contributed by atoms with E-state index in [-0.39, 0.29) is 5.41 Å². The number of benzene rings is 3. The van der Waals surface area contributed by atoms with Gasteiger partial charge >= 0.3 is 0 Å². The molecule has 3 atom stereocenters. The van der Waals surface area contributed by atoms with Crippen LogP contribution in [0.1, 0.15) is 68.7 Å². The molecule has 2 heteroatoms. The highest BCUT2D eigenvalue weighted by molar-refractivity contribution is 5.44. The van der Waals surface area contributed by atoms with Gasteiger partial charge in [-0.15, -0.1) is 0 Å². The molecule has 0 aromatic heterocycles. The van der Waals surface area contributed by atoms with Crippen LogP contribution in [0.4, 0.5) is 0 Å². The molecular weight excluding hydrogens is 414 g/mol. The van der Waals surface area contributed by atoms with Crippen molar-refractivity contribution < 1.29 is 4.74 Å². The lowest BCUT2D eigenvalue weighted by atomic mass is 9.60. The van der Waals surface area contributed by atoms with E-state index < -0.39 is 0 Å². The first-order valence-corrected chi connectivity index (χ1v) is 13.1. The molecular formula is C32H41NO. The van der Waals surface area contributed by atoms with Gasteiger partial charge < -0.3 is 4.74 Å². The lowest BCUT2D eigenvalue weighted by Crippen LogP contribution is -2.55. The molecule has 0 radical (unpaired) electrons. The van der Waals surface area contributed by atoms with Gasteiger partial charge in [-0.1, -0.05) is 100 Å². The van der Waals surface area contributed by atoms with Crippen molar-refractivity contribution in [2.75, 3.05) is 7.05 Å². The minimum absolute atomic E-state index is 0.0951. The molecule has 1 aliphatic carbocycles. The second-order valence-corrected chi connectivity index (χ2v) is 10.4. The van der Waals surface area contributed by atoms with Gasteiger partial charge in [-0.25, -0.2) is 0 Å². The average Bonchev–Trinajstić information content (AvgIpc) is 2.84. The van der Waals surface area contributed by atoms with E-state index in [4.69, 9.17) is 4.74 Å². The minimum Gasteiger partial charge on any atom is -0.489 e. The Balaban J connectivity index is 1.66. The summed E-state index contributed by atoms with van der Waals surface area (Å²) in [6, 6.07) is 28.8. The van der Waals surface area contributed by atoms with Gasteiger partial charge in [0.2, 0.25) is 0 Å². The van der Waals surface area contributed by atoms with Gasteiger partial charge in [0.1, 0.15) is 12.4 Å². The number of nitrogens with zero attached hydrogens (tertiary/aromatic N) is 1. The van der Waals surface area contributed by atoms with Crippen LogP contribution in [0, 0.1) is 5.92 Å². The van der Waals surface area contributed by atoms with Crippen molar-refractivity contribution in [2.45, 2.75) is 77.5 Å². The van der Waals surface area contributed by atoms with Crippen LogP contribution in [-0.4, -0.2) is 18.0 Å². The molecule has 34 heavy (non-hydrogen) atoms. The molecule has 0 fully saturated rings. The van der Waals surface area contributed by atoms with Crippen molar-refractivity contribution in [3.8, 4) is 5.75 Å². The SMILES string of the molecule is CCC[C@H]1Cc2ccc(OCc3ccccc3)cc2C(C)(CCC)[C@H]1N(C)Cc1ccccc1. The van der Waals surface area contributed by atoms with Crippen LogP contribution in [0.2, 0.25) is 0 Å². The Hall–Kier alpha value is -2.58. The number of rotatable bonds is 10. The first-order chi connectivity index (χ1) is 16.5. The molecule has 1 aliphatic rings. The normalized spacial score (nSPS) is 21.9. The fraction of sp³-hybridized carbons (Fsp3) is 0.438. The zero-order valence-electron chi connectivity index (χ0n) is 21.5. The summed E-state index contributed by atoms with van der Waals surface area (Å²) < 4.78 is 6.28. The van der Waals surface area contributed by atoms with Crippen LogP contribution in [0.25, 0.3) is 0 Å². The third kappa shape index (κ3) is 5.39. The Morgan fingerprint density at radius 2 is 1.56 bits per heavy atom. The number of ether oxygens (including phenoxy) is 1. The van der Waals surface area contributed by atoms with Crippen LogP contribution < -0.4 is 4.74 Å². The van der Waals surface area contributed by atoms with Crippen LogP contribution >= 0.6 is 0 Å². The van der Waals surface area contributed by atoms with E-state index in [0.717, 1.165) is 18.7 Å². The first kappa shape index (κ1) is 24.5. The Kier molecular flexibility index (Phi) is 8.11. The maximum Gasteiger partial charge on any atom is 0.120 e. The third-order valence-electron chi connectivity index (χ3n) is 7.70. The lowest BCUT2D eigenvalue weighted by Gasteiger charge is -2.51. The Bertz CT molecular complexity index is 1030. The van der Waals surface area contributed by atoms with Crippen molar-refractivity contribution in [3.63, 3.8) is 0 Å². The predicted octanol–water partition coefficient (Wildman–Crippen LogP) is 7.80. The smallest absolute Gasteiger partial charge is 0.120 e. The predicted molar refractivity (Wildman–Crippen MR) is 143 cm³/mol. The summed E-state index contributed by atoms with van der Waals surface area (Å²) in [5.74, 6) is 1.65. The molecule has 0 heterocycles. The number of hydrogen-bond acceptors (Lipinski definition) is 2. The molecule has 4 rings (SSSR count). The van der Waals surface area contributed by atoms with E-state index in [0.29, 0.717) is 18.6 Å². The summed E-state index contributed by atoms with van der Waals surface area (Å²) in [6.07, 6.45) is 6.03. The Labute approximate surface area is 207 Å². The van der Waals surface area contributed by atoms with E-state index in [9.17, 15) is 0 Å². The quantitative estimate of drug-likeness (QED) is 0.309. The maximum atomic E-state index is 6.28. The molecule has 3 aromatic carbocycles. The fourth-order valence-corrected chi connectivity index (χ4v) is 6.42. The van der Waals surface area contributed by atoms with Gasteiger partial charge in [0.15, 0.2) is 0 Å². The standard InChI is InChI=1S/C32H41NO/c1-5-13-28-21-27-18-19-29(34-24-26-16-11-8-12-17-26)22-30(27)32(3,20-6-2)31(28)33(4)23-25-14-9-7-10-15-25/h7-12,14-19,22,28,31H,5-6,13,20-21,23-24H2,1-4H3/t28-,31-,32?/m0/s1. The topological polar surface area (TPSA) is 12.5 Å². The Morgan fingerprint density at radius 3 is 2.21 bits per heavy atom. The monoisotopic (exact) mass is 455 g/mol. The lowest BCUT2D eigenvalue weighted by molar-refractivity contribution is 0.0682. The molecule has 0 saturated heterocycles. The van der Waals surface area contributed by atoms with Gasteiger partial charge in [0, 0.05) is 18.0 Å². The van der Waals surface area contributed by atoms with Crippen molar-refractivity contribution in [3.05, 3.63) is 101 Å². The fourth-order valence-electron chi connectivity index (χ4n) is 6.42. The van der Waals surface area contributed by atoms with Crippen molar-refractivity contribution >= 4 is 0 Å². The van der Waals surface area contributed by atoms with Crippen molar-refractivity contribution in [2.24, 2.45) is 5.92 Å². The van der Waals surface area contributed by atoms with E-state index in [1.807, 2.05) is 0 Å². The van der Waals surface area contributed by atoms with Gasteiger partial charge in [0.05, 0.1) is 0 Å². The van der Waals surface area contributed by atoms with E-state index in [1.54, 1.807) is 0 Å². The molecule has 2 nitrogen and oxygen atoms in total. The zero-order valence-corrected chi connectivity index (χ0v) is 21.5. The molecule has 0 aliphatic heterocycles. The van der Waals surface area contributed by atoms with E-state index >= 15 is 0 Å². The van der Waals surface area contributed by atoms with E-state index in [1.165, 1.54) is 47.9 Å². The summed E-state index contributed by atoms with van der Waals surface area (Å²) in [7, 11) is 2.34. The van der Waals surface area contributed by atoms with E-state index in [2.05, 4.69) is 112 Å². The second-order valence-electron chi connectivity index (χ2n) is 10.4. The molecule has 0 N–H and O–H groups in total. The van der Waals surface area contributed by atoms with Gasteiger partial charge in [-0.2, -0.15) is 0 Å². The summed E-state index contributed by atoms with van der Waals surface area (Å²) in [6.45, 7) is 8.79. The van der Waals surface area contributed by atoms with Crippen molar-refractivity contribution in [1.82, 2.24) is 4.90 Å². The highest BCUT2D eigenvalue weighted by Crippen LogP contribution is 2.47. The highest BCUT2D eigenvalue weighted by Gasteiger charge is 2.46. The highest BCUT2D eigenvalue weighted by atomic mass is 16.5. The summed E-state index contributed by atoms with van der Waals surface area (Å²) in [5.41, 5.74) is 5.71. The molecule has 1 unspecified atom stereocenters. The maximum absolute atomic E-state index is 6.28. The van der Waals surface area contributed by atoms with Crippen LogP contribution in [-0.2, 0) is 25.0 Å². The number of hydrogen-bond donors (Lipinski definition) is 0. The van der Waals surface area contributed by atoms with Gasteiger partial charge in [0.25, 0.3) is 0 Å². The molecule has 0 amide bonds. The molecule has 0 spiro atoms. The molecule has 3 aromatic rings. The largest absolute Gasteiger partial charge is 0.489 e. The third-order valence-corrected chi connectivity index (χ3v) is 7.70. The van der Waals surface area contributed by atoms with Crippen LogP contribution in [0.3, 0.4) is 0 Å².